The fourth-order valence-electron chi connectivity index (χ4n) is 1.26. The SMILES string of the molecule is CC(C)(C)c1ccc(CSC(=N)N)cc1.Cl. The van der Waals surface area contributed by atoms with Gasteiger partial charge in [-0.1, -0.05) is 56.8 Å². The summed E-state index contributed by atoms with van der Waals surface area (Å²) in [5.74, 6) is 0.778. The molecule has 0 aliphatic rings. The predicted octanol–water partition coefficient (Wildman–Crippen LogP) is 3.53. The summed E-state index contributed by atoms with van der Waals surface area (Å²) in [4.78, 5) is 0. The molecular weight excluding hydrogens is 240 g/mol. The van der Waals surface area contributed by atoms with Gasteiger partial charge in [0.1, 0.15) is 0 Å². The van der Waals surface area contributed by atoms with Gasteiger partial charge in [-0.05, 0) is 16.5 Å². The number of amidine groups is 1. The van der Waals surface area contributed by atoms with Crippen LogP contribution in [0, 0.1) is 5.41 Å². The summed E-state index contributed by atoms with van der Waals surface area (Å²) in [6, 6.07) is 8.51. The molecule has 0 saturated heterocycles. The minimum Gasteiger partial charge on any atom is -0.379 e. The minimum atomic E-state index is 0. The second kappa shape index (κ2) is 6.16. The summed E-state index contributed by atoms with van der Waals surface area (Å²) in [6.07, 6.45) is 0. The number of benzene rings is 1. The third-order valence-corrected chi connectivity index (χ3v) is 3.00. The molecule has 1 aromatic carbocycles. The molecule has 0 aliphatic carbocycles. The van der Waals surface area contributed by atoms with Crippen LogP contribution in [0.15, 0.2) is 24.3 Å². The zero-order chi connectivity index (χ0) is 11.5. The molecule has 2 nitrogen and oxygen atoms in total. The molecule has 1 rings (SSSR count). The first kappa shape index (κ1) is 15.3. The Morgan fingerprint density at radius 3 is 2.12 bits per heavy atom. The molecular formula is C12H19ClN2S. The van der Waals surface area contributed by atoms with Crippen molar-refractivity contribution >= 4 is 29.3 Å². The van der Waals surface area contributed by atoms with Crippen molar-refractivity contribution in [3.05, 3.63) is 35.4 Å². The van der Waals surface area contributed by atoms with Crippen molar-refractivity contribution in [3.63, 3.8) is 0 Å². The van der Waals surface area contributed by atoms with Gasteiger partial charge in [0.25, 0.3) is 0 Å². The molecule has 0 amide bonds. The third kappa shape index (κ3) is 4.90. The van der Waals surface area contributed by atoms with Crippen LogP contribution in [0.1, 0.15) is 31.9 Å². The molecule has 0 bridgehead atoms. The maximum Gasteiger partial charge on any atom is 0.151 e. The van der Waals surface area contributed by atoms with Crippen LogP contribution >= 0.6 is 24.2 Å². The minimum absolute atomic E-state index is 0. The molecule has 4 heteroatoms. The Bertz CT molecular complexity index is 341. The van der Waals surface area contributed by atoms with Crippen LogP contribution in [-0.2, 0) is 11.2 Å². The van der Waals surface area contributed by atoms with E-state index in [4.69, 9.17) is 11.1 Å². The molecule has 90 valence electrons. The van der Waals surface area contributed by atoms with E-state index in [1.807, 2.05) is 0 Å². The number of nitrogens with two attached hydrogens (primary N) is 1. The first-order chi connectivity index (χ1) is 6.89. The molecule has 16 heavy (non-hydrogen) atoms. The van der Waals surface area contributed by atoms with Crippen LogP contribution in [0.2, 0.25) is 0 Å². The Hall–Kier alpha value is -0.670. The molecule has 0 spiro atoms. The van der Waals surface area contributed by atoms with E-state index in [2.05, 4.69) is 45.0 Å². The number of rotatable bonds is 2. The average Bonchev–Trinajstić information content (AvgIpc) is 2.14. The van der Waals surface area contributed by atoms with E-state index in [-0.39, 0.29) is 23.0 Å². The Morgan fingerprint density at radius 1 is 1.25 bits per heavy atom. The van der Waals surface area contributed by atoms with E-state index in [1.165, 1.54) is 22.9 Å². The lowest BCUT2D eigenvalue weighted by molar-refractivity contribution is 0.590. The molecule has 0 saturated carbocycles. The van der Waals surface area contributed by atoms with Gasteiger partial charge in [-0.25, -0.2) is 0 Å². The van der Waals surface area contributed by atoms with E-state index in [9.17, 15) is 0 Å². The number of hydrogen-bond acceptors (Lipinski definition) is 2. The summed E-state index contributed by atoms with van der Waals surface area (Å²) in [6.45, 7) is 6.60. The highest BCUT2D eigenvalue weighted by Gasteiger charge is 2.12. The Morgan fingerprint density at radius 2 is 1.75 bits per heavy atom. The number of halogens is 1. The normalized spacial score (nSPS) is 10.7. The van der Waals surface area contributed by atoms with Gasteiger partial charge in [0, 0.05) is 5.75 Å². The molecule has 3 N–H and O–H groups in total. The maximum absolute atomic E-state index is 7.13. The van der Waals surface area contributed by atoms with E-state index < -0.39 is 0 Å². The van der Waals surface area contributed by atoms with Crippen LogP contribution in [0.4, 0.5) is 0 Å². The van der Waals surface area contributed by atoms with E-state index in [0.29, 0.717) is 0 Å². The van der Waals surface area contributed by atoms with Crippen molar-refractivity contribution in [2.45, 2.75) is 31.9 Å². The molecule has 0 aliphatic heterocycles. The first-order valence-electron chi connectivity index (χ1n) is 4.96. The van der Waals surface area contributed by atoms with Crippen molar-refractivity contribution in [2.24, 2.45) is 5.73 Å². The first-order valence-corrected chi connectivity index (χ1v) is 5.94. The fraction of sp³-hybridized carbons (Fsp3) is 0.417. The van der Waals surface area contributed by atoms with Crippen molar-refractivity contribution in [1.82, 2.24) is 0 Å². The Balaban J connectivity index is 0.00000225. The van der Waals surface area contributed by atoms with Crippen molar-refractivity contribution in [2.75, 3.05) is 0 Å². The summed E-state index contributed by atoms with van der Waals surface area (Å²) in [5.41, 5.74) is 8.03. The Kier molecular flexibility index (Phi) is 5.90. The summed E-state index contributed by atoms with van der Waals surface area (Å²) >= 11 is 1.36. The van der Waals surface area contributed by atoms with Gasteiger partial charge < -0.3 is 5.73 Å². The lowest BCUT2D eigenvalue weighted by Crippen LogP contribution is -2.10. The third-order valence-electron chi connectivity index (χ3n) is 2.21. The van der Waals surface area contributed by atoms with Crippen LogP contribution in [0.5, 0.6) is 0 Å². The second-order valence-electron chi connectivity index (χ2n) is 4.60. The van der Waals surface area contributed by atoms with Crippen molar-refractivity contribution < 1.29 is 0 Å². The van der Waals surface area contributed by atoms with Gasteiger partial charge in [-0.3, -0.25) is 5.41 Å². The zero-order valence-corrected chi connectivity index (χ0v) is 11.5. The molecule has 0 unspecified atom stereocenters. The van der Waals surface area contributed by atoms with E-state index >= 15 is 0 Å². The maximum atomic E-state index is 7.13. The highest BCUT2D eigenvalue weighted by molar-refractivity contribution is 8.13. The molecule has 1 aromatic rings. The lowest BCUT2D eigenvalue weighted by atomic mass is 9.87. The average molecular weight is 259 g/mol. The Labute approximate surface area is 108 Å². The smallest absolute Gasteiger partial charge is 0.151 e. The van der Waals surface area contributed by atoms with Gasteiger partial charge in [0.05, 0.1) is 0 Å². The van der Waals surface area contributed by atoms with Crippen LogP contribution in [0.3, 0.4) is 0 Å². The molecule has 0 aromatic heterocycles. The molecule has 0 atom stereocenters. The van der Waals surface area contributed by atoms with Gasteiger partial charge >= 0.3 is 0 Å². The summed E-state index contributed by atoms with van der Waals surface area (Å²) in [5, 5.41) is 7.30. The van der Waals surface area contributed by atoms with Gasteiger partial charge in [0.2, 0.25) is 0 Å². The number of hydrogen-bond donors (Lipinski definition) is 2. The highest BCUT2D eigenvalue weighted by atomic mass is 35.5. The fourth-order valence-corrected chi connectivity index (χ4v) is 1.78. The highest BCUT2D eigenvalue weighted by Crippen LogP contribution is 2.23. The summed E-state index contributed by atoms with van der Waals surface area (Å²) in [7, 11) is 0. The zero-order valence-electron chi connectivity index (χ0n) is 9.91. The number of thioether (sulfide) groups is 1. The van der Waals surface area contributed by atoms with Crippen molar-refractivity contribution in [3.8, 4) is 0 Å². The van der Waals surface area contributed by atoms with Gasteiger partial charge in [-0.15, -0.1) is 12.4 Å². The predicted molar refractivity (Wildman–Crippen MR) is 75.6 cm³/mol. The molecule has 0 radical (unpaired) electrons. The lowest BCUT2D eigenvalue weighted by Gasteiger charge is -2.19. The number of nitrogens with one attached hydrogen (secondary N) is 1. The van der Waals surface area contributed by atoms with Crippen LogP contribution in [-0.4, -0.2) is 5.17 Å². The molecule has 0 fully saturated rings. The quantitative estimate of drug-likeness (QED) is 0.630. The van der Waals surface area contributed by atoms with Crippen LogP contribution in [0.25, 0.3) is 0 Å². The van der Waals surface area contributed by atoms with E-state index in [1.54, 1.807) is 0 Å². The standard InChI is InChI=1S/C12H18N2S.ClH/c1-12(2,3)10-6-4-9(5-7-10)8-15-11(13)14;/h4-7H,8H2,1-3H3,(H3,13,14);1H. The topological polar surface area (TPSA) is 49.9 Å². The molecule has 0 heterocycles. The monoisotopic (exact) mass is 258 g/mol. The van der Waals surface area contributed by atoms with Gasteiger partial charge in [0.15, 0.2) is 5.17 Å². The van der Waals surface area contributed by atoms with Gasteiger partial charge in [-0.2, -0.15) is 0 Å². The van der Waals surface area contributed by atoms with Crippen LogP contribution < -0.4 is 5.73 Å². The largest absolute Gasteiger partial charge is 0.379 e. The van der Waals surface area contributed by atoms with E-state index in [0.717, 1.165) is 5.75 Å². The van der Waals surface area contributed by atoms with Crippen molar-refractivity contribution in [1.29, 1.82) is 5.41 Å². The summed E-state index contributed by atoms with van der Waals surface area (Å²) < 4.78 is 0. The second-order valence-corrected chi connectivity index (χ2v) is 5.62.